The number of amides is 3. The van der Waals surface area contributed by atoms with Crippen LogP contribution in [0.1, 0.15) is 27.6 Å². The average molecular weight is 401 g/mol. The lowest BCUT2D eigenvalue weighted by Crippen LogP contribution is -2.46. The summed E-state index contributed by atoms with van der Waals surface area (Å²) >= 11 is 0. The zero-order valence-electron chi connectivity index (χ0n) is 16.4. The minimum absolute atomic E-state index is 0.271. The Labute approximate surface area is 168 Å². The van der Waals surface area contributed by atoms with Gasteiger partial charge in [0.15, 0.2) is 11.5 Å². The largest absolute Gasteiger partial charge is 0.497 e. The first-order valence-electron chi connectivity index (χ1n) is 8.80. The predicted octanol–water partition coefficient (Wildman–Crippen LogP) is 1.29. The smallest absolute Gasteiger partial charge is 0.269 e. The summed E-state index contributed by atoms with van der Waals surface area (Å²) in [5.41, 5.74) is 5.17. The molecule has 2 aromatic carbocycles. The number of benzene rings is 2. The fourth-order valence-electron chi connectivity index (χ4n) is 2.33. The Balaban J connectivity index is 1.83. The standard InChI is InChI=1S/C20H23N3O6/c1-4-29-16-10-7-14(11-17(16)28-3)20(26)23-22-18(24)12-21-19(25)13-5-8-15(27-2)9-6-13/h5-11H,4,12H2,1-3H3,(H,21,25)(H,22,24)(H,23,26). The van der Waals surface area contributed by atoms with Gasteiger partial charge in [-0.25, -0.2) is 0 Å². The fourth-order valence-corrected chi connectivity index (χ4v) is 2.33. The molecule has 0 saturated heterocycles. The molecule has 154 valence electrons. The second-order valence-corrected chi connectivity index (χ2v) is 5.71. The van der Waals surface area contributed by atoms with Crippen molar-refractivity contribution in [2.75, 3.05) is 27.4 Å². The maximum atomic E-state index is 12.2. The molecular weight excluding hydrogens is 378 g/mol. The van der Waals surface area contributed by atoms with Crippen LogP contribution in [0.2, 0.25) is 0 Å². The van der Waals surface area contributed by atoms with Crippen LogP contribution in [-0.2, 0) is 4.79 Å². The van der Waals surface area contributed by atoms with Gasteiger partial charge in [-0.2, -0.15) is 0 Å². The number of rotatable bonds is 8. The van der Waals surface area contributed by atoms with Gasteiger partial charge in [-0.15, -0.1) is 0 Å². The molecule has 2 rings (SSSR count). The highest BCUT2D eigenvalue weighted by atomic mass is 16.5. The first kappa shape index (κ1) is 21.5. The zero-order chi connectivity index (χ0) is 21.2. The van der Waals surface area contributed by atoms with E-state index in [1.807, 2.05) is 6.92 Å². The summed E-state index contributed by atoms with van der Waals surface area (Å²) in [7, 11) is 2.99. The zero-order valence-corrected chi connectivity index (χ0v) is 16.4. The lowest BCUT2D eigenvalue weighted by Gasteiger charge is -2.12. The molecule has 0 fully saturated rings. The van der Waals surface area contributed by atoms with Crippen molar-refractivity contribution in [3.05, 3.63) is 53.6 Å². The molecule has 29 heavy (non-hydrogen) atoms. The van der Waals surface area contributed by atoms with Crippen molar-refractivity contribution in [1.29, 1.82) is 0 Å². The Morgan fingerprint density at radius 2 is 1.52 bits per heavy atom. The van der Waals surface area contributed by atoms with Gasteiger partial charge in [0.25, 0.3) is 17.7 Å². The first-order valence-corrected chi connectivity index (χ1v) is 8.80. The van der Waals surface area contributed by atoms with Crippen LogP contribution in [0.15, 0.2) is 42.5 Å². The van der Waals surface area contributed by atoms with Crippen LogP contribution in [0.3, 0.4) is 0 Å². The average Bonchev–Trinajstić information content (AvgIpc) is 2.76. The molecule has 3 N–H and O–H groups in total. The maximum Gasteiger partial charge on any atom is 0.269 e. The van der Waals surface area contributed by atoms with E-state index in [0.29, 0.717) is 29.4 Å². The van der Waals surface area contributed by atoms with Gasteiger partial charge in [-0.05, 0) is 49.4 Å². The van der Waals surface area contributed by atoms with E-state index < -0.39 is 17.7 Å². The highest BCUT2D eigenvalue weighted by molar-refractivity contribution is 5.98. The summed E-state index contributed by atoms with van der Waals surface area (Å²) in [4.78, 5) is 36.1. The minimum atomic E-state index is -0.585. The Morgan fingerprint density at radius 1 is 0.828 bits per heavy atom. The molecule has 9 heteroatoms. The Morgan fingerprint density at radius 3 is 2.14 bits per heavy atom. The molecule has 3 amide bonds. The van der Waals surface area contributed by atoms with Crippen molar-refractivity contribution in [3.8, 4) is 17.2 Å². The Bertz CT molecular complexity index is 867. The summed E-state index contributed by atoms with van der Waals surface area (Å²) in [5, 5.41) is 2.46. The van der Waals surface area contributed by atoms with Gasteiger partial charge in [0.1, 0.15) is 5.75 Å². The molecule has 0 spiro atoms. The summed E-state index contributed by atoms with van der Waals surface area (Å²) in [6.45, 7) is 1.99. The highest BCUT2D eigenvalue weighted by Gasteiger charge is 2.13. The van der Waals surface area contributed by atoms with Crippen molar-refractivity contribution < 1.29 is 28.6 Å². The monoisotopic (exact) mass is 401 g/mol. The van der Waals surface area contributed by atoms with E-state index in [4.69, 9.17) is 14.2 Å². The number of ether oxygens (including phenoxy) is 3. The molecule has 0 bridgehead atoms. The van der Waals surface area contributed by atoms with Crippen LogP contribution in [0.4, 0.5) is 0 Å². The van der Waals surface area contributed by atoms with Gasteiger partial charge in [-0.1, -0.05) is 0 Å². The normalized spacial score (nSPS) is 9.90. The molecular formula is C20H23N3O6. The first-order chi connectivity index (χ1) is 14.0. The number of carbonyl (C=O) groups excluding carboxylic acids is 3. The molecule has 0 saturated carbocycles. The van der Waals surface area contributed by atoms with Gasteiger partial charge in [0.05, 0.1) is 27.4 Å². The van der Waals surface area contributed by atoms with E-state index in [9.17, 15) is 14.4 Å². The third kappa shape index (κ3) is 6.13. The van der Waals surface area contributed by atoms with Gasteiger partial charge < -0.3 is 19.5 Å². The van der Waals surface area contributed by atoms with Crippen molar-refractivity contribution in [2.45, 2.75) is 6.92 Å². The van der Waals surface area contributed by atoms with Gasteiger partial charge in [0.2, 0.25) is 0 Å². The highest BCUT2D eigenvalue weighted by Crippen LogP contribution is 2.27. The fraction of sp³-hybridized carbons (Fsp3) is 0.250. The van der Waals surface area contributed by atoms with E-state index in [1.54, 1.807) is 36.4 Å². The van der Waals surface area contributed by atoms with Gasteiger partial charge in [-0.3, -0.25) is 25.2 Å². The number of hydrogen-bond donors (Lipinski definition) is 3. The topological polar surface area (TPSA) is 115 Å². The molecule has 0 aliphatic carbocycles. The SMILES string of the molecule is CCOc1ccc(C(=O)NNC(=O)CNC(=O)c2ccc(OC)cc2)cc1OC. The van der Waals surface area contributed by atoms with Crippen LogP contribution >= 0.6 is 0 Å². The van der Waals surface area contributed by atoms with Crippen LogP contribution in [0.5, 0.6) is 17.2 Å². The molecule has 0 radical (unpaired) electrons. The second-order valence-electron chi connectivity index (χ2n) is 5.71. The minimum Gasteiger partial charge on any atom is -0.497 e. The van der Waals surface area contributed by atoms with Crippen LogP contribution in [-0.4, -0.2) is 45.1 Å². The van der Waals surface area contributed by atoms with Crippen molar-refractivity contribution >= 4 is 17.7 Å². The lowest BCUT2D eigenvalue weighted by molar-refractivity contribution is -0.120. The van der Waals surface area contributed by atoms with Crippen molar-refractivity contribution in [2.24, 2.45) is 0 Å². The molecule has 0 unspecified atom stereocenters. The van der Waals surface area contributed by atoms with E-state index in [-0.39, 0.29) is 12.1 Å². The molecule has 0 heterocycles. The quantitative estimate of drug-likeness (QED) is 0.575. The summed E-state index contributed by atoms with van der Waals surface area (Å²) in [6.07, 6.45) is 0. The molecule has 2 aromatic rings. The van der Waals surface area contributed by atoms with Crippen LogP contribution in [0.25, 0.3) is 0 Å². The molecule has 0 aromatic heterocycles. The van der Waals surface area contributed by atoms with Crippen LogP contribution in [0, 0.1) is 0 Å². The van der Waals surface area contributed by atoms with Crippen molar-refractivity contribution in [3.63, 3.8) is 0 Å². The number of hydrogen-bond acceptors (Lipinski definition) is 6. The molecule has 0 aliphatic heterocycles. The van der Waals surface area contributed by atoms with Crippen LogP contribution < -0.4 is 30.4 Å². The van der Waals surface area contributed by atoms with E-state index >= 15 is 0 Å². The predicted molar refractivity (Wildman–Crippen MR) is 105 cm³/mol. The molecule has 0 aliphatic rings. The summed E-state index contributed by atoms with van der Waals surface area (Å²) in [6, 6.07) is 11.1. The molecule has 0 atom stereocenters. The van der Waals surface area contributed by atoms with Crippen molar-refractivity contribution in [1.82, 2.24) is 16.2 Å². The van der Waals surface area contributed by atoms with Gasteiger partial charge in [0, 0.05) is 11.1 Å². The Hall–Kier alpha value is -3.75. The maximum absolute atomic E-state index is 12.2. The lowest BCUT2D eigenvalue weighted by atomic mass is 10.2. The van der Waals surface area contributed by atoms with E-state index in [1.165, 1.54) is 20.3 Å². The van der Waals surface area contributed by atoms with E-state index in [0.717, 1.165) is 0 Å². The summed E-state index contributed by atoms with van der Waals surface area (Å²) < 4.78 is 15.6. The molecule has 9 nitrogen and oxygen atoms in total. The second kappa shape index (κ2) is 10.5. The number of nitrogens with one attached hydrogen (secondary N) is 3. The van der Waals surface area contributed by atoms with E-state index in [2.05, 4.69) is 16.2 Å². The third-order valence-electron chi connectivity index (χ3n) is 3.80. The number of methoxy groups -OCH3 is 2. The van der Waals surface area contributed by atoms with Gasteiger partial charge >= 0.3 is 0 Å². The number of carbonyl (C=O) groups is 3. The number of hydrazine groups is 1. The third-order valence-corrected chi connectivity index (χ3v) is 3.80. The summed E-state index contributed by atoms with van der Waals surface area (Å²) in [5.74, 6) is -0.0213. The Kier molecular flexibility index (Phi) is 7.84.